The standard InChI is InChI=1S/C17H24O5/c1-17-7-6-10-9(11(17)3-5-14(17)20)2-4-12(18)16(10)13(19)8-15(21)22/h9-12,16,18H,2-8H2,1H3,(H,21,22)/t9?,10?,11?,12-,16+,17?/m0/s1. The highest BCUT2D eigenvalue weighted by atomic mass is 16.4. The minimum atomic E-state index is -1.13. The predicted molar refractivity (Wildman–Crippen MR) is 78.0 cm³/mol. The highest BCUT2D eigenvalue weighted by molar-refractivity contribution is 5.96. The molecule has 5 nitrogen and oxygen atoms in total. The molecule has 0 heterocycles. The van der Waals surface area contributed by atoms with E-state index in [4.69, 9.17) is 5.11 Å². The highest BCUT2D eigenvalue weighted by Crippen LogP contribution is 2.58. The number of aliphatic carboxylic acids is 1. The first-order valence-electron chi connectivity index (χ1n) is 8.30. The number of ketones is 2. The van der Waals surface area contributed by atoms with Crippen LogP contribution in [0.4, 0.5) is 0 Å². The lowest BCUT2D eigenvalue weighted by Gasteiger charge is -2.51. The van der Waals surface area contributed by atoms with E-state index in [-0.39, 0.29) is 23.0 Å². The van der Waals surface area contributed by atoms with Gasteiger partial charge in [0, 0.05) is 17.8 Å². The maximum atomic E-state index is 12.3. The van der Waals surface area contributed by atoms with Crippen LogP contribution >= 0.6 is 0 Å². The molecule has 0 bridgehead atoms. The molecule has 22 heavy (non-hydrogen) atoms. The number of rotatable bonds is 3. The molecule has 0 aromatic rings. The Bertz CT molecular complexity index is 513. The molecule has 0 aromatic heterocycles. The predicted octanol–water partition coefficient (Wildman–Crippen LogP) is 1.81. The number of fused-ring (bicyclic) bond motifs is 3. The van der Waals surface area contributed by atoms with E-state index in [2.05, 4.69) is 6.92 Å². The van der Waals surface area contributed by atoms with Crippen molar-refractivity contribution in [3.05, 3.63) is 0 Å². The molecule has 3 rings (SSSR count). The van der Waals surface area contributed by atoms with Gasteiger partial charge in [-0.2, -0.15) is 0 Å². The summed E-state index contributed by atoms with van der Waals surface area (Å²) in [4.78, 5) is 35.4. The van der Waals surface area contributed by atoms with Crippen molar-refractivity contribution in [3.8, 4) is 0 Å². The highest BCUT2D eigenvalue weighted by Gasteiger charge is 2.57. The van der Waals surface area contributed by atoms with Crippen molar-refractivity contribution in [2.24, 2.45) is 29.1 Å². The topological polar surface area (TPSA) is 91.7 Å². The van der Waals surface area contributed by atoms with E-state index in [9.17, 15) is 19.5 Å². The van der Waals surface area contributed by atoms with Gasteiger partial charge in [-0.1, -0.05) is 6.92 Å². The first-order chi connectivity index (χ1) is 10.3. The fourth-order valence-corrected chi connectivity index (χ4v) is 5.50. The smallest absolute Gasteiger partial charge is 0.310 e. The lowest BCUT2D eigenvalue weighted by molar-refractivity contribution is -0.148. The number of aliphatic hydroxyl groups excluding tert-OH is 1. The largest absolute Gasteiger partial charge is 0.481 e. The van der Waals surface area contributed by atoms with Crippen molar-refractivity contribution >= 4 is 17.5 Å². The molecule has 2 N–H and O–H groups in total. The number of hydrogen-bond donors (Lipinski definition) is 2. The van der Waals surface area contributed by atoms with Crippen LogP contribution in [0.25, 0.3) is 0 Å². The molecule has 5 heteroatoms. The number of hydrogen-bond acceptors (Lipinski definition) is 4. The molecule has 0 saturated heterocycles. The summed E-state index contributed by atoms with van der Waals surface area (Å²) in [6, 6.07) is 0. The maximum Gasteiger partial charge on any atom is 0.310 e. The summed E-state index contributed by atoms with van der Waals surface area (Å²) in [5.74, 6) is -1.08. The first kappa shape index (κ1) is 15.7. The lowest BCUT2D eigenvalue weighted by Crippen LogP contribution is -2.51. The third kappa shape index (κ3) is 2.30. The van der Waals surface area contributed by atoms with Crippen LogP contribution < -0.4 is 0 Å². The molecular formula is C17H24O5. The molecular weight excluding hydrogens is 284 g/mol. The summed E-state index contributed by atoms with van der Waals surface area (Å²) in [5, 5.41) is 19.1. The van der Waals surface area contributed by atoms with E-state index < -0.39 is 24.4 Å². The molecule has 3 aliphatic rings. The second kappa shape index (κ2) is 5.44. The number of aliphatic hydroxyl groups is 1. The van der Waals surface area contributed by atoms with E-state index in [1.54, 1.807) is 0 Å². The van der Waals surface area contributed by atoms with E-state index in [0.717, 1.165) is 25.7 Å². The molecule has 122 valence electrons. The van der Waals surface area contributed by atoms with Gasteiger partial charge in [0.05, 0.1) is 6.10 Å². The fraction of sp³-hybridized carbons (Fsp3) is 0.824. The van der Waals surface area contributed by atoms with Gasteiger partial charge in [-0.15, -0.1) is 0 Å². The zero-order chi connectivity index (χ0) is 16.1. The summed E-state index contributed by atoms with van der Waals surface area (Å²) >= 11 is 0. The van der Waals surface area contributed by atoms with Crippen LogP contribution in [0.5, 0.6) is 0 Å². The summed E-state index contributed by atoms with van der Waals surface area (Å²) in [7, 11) is 0. The second-order valence-corrected chi connectivity index (χ2v) is 7.56. The van der Waals surface area contributed by atoms with Gasteiger partial charge in [-0.05, 0) is 49.9 Å². The van der Waals surface area contributed by atoms with Crippen LogP contribution in [-0.4, -0.2) is 33.9 Å². The van der Waals surface area contributed by atoms with Crippen LogP contribution in [0.15, 0.2) is 0 Å². The monoisotopic (exact) mass is 308 g/mol. The number of carboxylic acid groups (broad SMARTS) is 1. The zero-order valence-electron chi connectivity index (χ0n) is 13.0. The average Bonchev–Trinajstić information content (AvgIpc) is 2.74. The summed E-state index contributed by atoms with van der Waals surface area (Å²) in [5.41, 5.74) is -0.260. The first-order valence-corrected chi connectivity index (χ1v) is 8.30. The molecule has 0 radical (unpaired) electrons. The van der Waals surface area contributed by atoms with Gasteiger partial charge in [-0.25, -0.2) is 0 Å². The van der Waals surface area contributed by atoms with Gasteiger partial charge in [0.1, 0.15) is 18.0 Å². The minimum absolute atomic E-state index is 0.0413. The van der Waals surface area contributed by atoms with Crippen LogP contribution in [0, 0.1) is 29.1 Å². The van der Waals surface area contributed by atoms with Crippen molar-refractivity contribution < 1.29 is 24.6 Å². The van der Waals surface area contributed by atoms with Crippen molar-refractivity contribution in [2.75, 3.05) is 0 Å². The van der Waals surface area contributed by atoms with Gasteiger partial charge in [-0.3, -0.25) is 14.4 Å². The third-order valence-corrected chi connectivity index (χ3v) is 6.57. The number of carbonyl (C=O) groups is 3. The van der Waals surface area contributed by atoms with E-state index in [1.807, 2.05) is 0 Å². The van der Waals surface area contributed by atoms with Crippen molar-refractivity contribution in [1.29, 1.82) is 0 Å². The number of carboxylic acids is 1. The van der Waals surface area contributed by atoms with Crippen molar-refractivity contribution in [1.82, 2.24) is 0 Å². The summed E-state index contributed by atoms with van der Waals surface area (Å²) in [6.07, 6.45) is 3.17. The summed E-state index contributed by atoms with van der Waals surface area (Å²) < 4.78 is 0. The van der Waals surface area contributed by atoms with E-state index >= 15 is 0 Å². The van der Waals surface area contributed by atoms with Crippen molar-refractivity contribution in [3.63, 3.8) is 0 Å². The minimum Gasteiger partial charge on any atom is -0.481 e. The Morgan fingerprint density at radius 1 is 1.18 bits per heavy atom. The quantitative estimate of drug-likeness (QED) is 0.776. The molecule has 0 spiro atoms. The summed E-state index contributed by atoms with van der Waals surface area (Å²) in [6.45, 7) is 2.06. The zero-order valence-corrected chi connectivity index (χ0v) is 13.0. The molecule has 0 amide bonds. The molecule has 3 aliphatic carbocycles. The molecule has 0 aliphatic heterocycles. The maximum absolute atomic E-state index is 12.3. The number of Topliss-reactive ketones (excluding diaryl/α,β-unsaturated/α-hetero) is 2. The Labute approximate surface area is 130 Å². The Morgan fingerprint density at radius 2 is 1.91 bits per heavy atom. The van der Waals surface area contributed by atoms with Crippen LogP contribution in [-0.2, 0) is 14.4 Å². The van der Waals surface area contributed by atoms with E-state index in [1.165, 1.54) is 0 Å². The Morgan fingerprint density at radius 3 is 2.59 bits per heavy atom. The molecule has 3 fully saturated rings. The normalized spacial score (nSPS) is 44.3. The van der Waals surface area contributed by atoms with Gasteiger partial charge in [0.15, 0.2) is 0 Å². The van der Waals surface area contributed by atoms with Crippen LogP contribution in [0.1, 0.15) is 51.9 Å². The average molecular weight is 308 g/mol. The molecule has 0 aromatic carbocycles. The van der Waals surface area contributed by atoms with Gasteiger partial charge in [0.25, 0.3) is 0 Å². The SMILES string of the molecule is CC12CCC3C(CC[C@H](O)[C@@H]3C(=O)CC(=O)O)C1CCC2=O. The Hall–Kier alpha value is -1.23. The molecule has 4 unspecified atom stereocenters. The Balaban J connectivity index is 1.85. The van der Waals surface area contributed by atoms with Gasteiger partial charge < -0.3 is 10.2 Å². The van der Waals surface area contributed by atoms with Crippen LogP contribution in [0.3, 0.4) is 0 Å². The van der Waals surface area contributed by atoms with Gasteiger partial charge >= 0.3 is 5.97 Å². The Kier molecular flexibility index (Phi) is 3.87. The lowest BCUT2D eigenvalue weighted by atomic mass is 9.53. The molecule has 3 saturated carbocycles. The second-order valence-electron chi connectivity index (χ2n) is 7.56. The molecule has 6 atom stereocenters. The van der Waals surface area contributed by atoms with Crippen molar-refractivity contribution in [2.45, 2.75) is 58.0 Å². The van der Waals surface area contributed by atoms with Gasteiger partial charge in [0.2, 0.25) is 0 Å². The third-order valence-electron chi connectivity index (χ3n) is 6.57. The number of carbonyl (C=O) groups excluding carboxylic acids is 2. The fourth-order valence-electron chi connectivity index (χ4n) is 5.50. The van der Waals surface area contributed by atoms with Crippen LogP contribution in [0.2, 0.25) is 0 Å². The van der Waals surface area contributed by atoms with E-state index in [0.29, 0.717) is 24.5 Å².